The summed E-state index contributed by atoms with van der Waals surface area (Å²) in [7, 11) is 0. The maximum atomic E-state index is 12.3. The van der Waals surface area contributed by atoms with Gasteiger partial charge in [-0.15, -0.1) is 0 Å². The van der Waals surface area contributed by atoms with Crippen molar-refractivity contribution in [3.05, 3.63) is 53.6 Å². The van der Waals surface area contributed by atoms with Crippen molar-refractivity contribution >= 4 is 12.3 Å². The summed E-state index contributed by atoms with van der Waals surface area (Å²) in [6.45, 7) is 2.94. The molecule has 0 aliphatic rings. The van der Waals surface area contributed by atoms with E-state index in [4.69, 9.17) is 9.47 Å². The van der Waals surface area contributed by atoms with Gasteiger partial charge in [0, 0.05) is 6.07 Å². The molecule has 2 aromatic rings. The Labute approximate surface area is 210 Å². The molecule has 0 saturated carbocycles. The largest absolute Gasteiger partial charge is 0.507 e. The van der Waals surface area contributed by atoms with E-state index in [-0.39, 0.29) is 17.1 Å². The third-order valence-electron chi connectivity index (χ3n) is 6.20. The van der Waals surface area contributed by atoms with E-state index in [9.17, 15) is 14.7 Å². The summed E-state index contributed by atoms with van der Waals surface area (Å²) >= 11 is 0. The maximum Gasteiger partial charge on any atom is 0.343 e. The molecule has 0 aliphatic carbocycles. The molecule has 192 valence electrons. The minimum atomic E-state index is -0.540. The Morgan fingerprint density at radius 2 is 1.26 bits per heavy atom. The van der Waals surface area contributed by atoms with Crippen molar-refractivity contribution in [1.82, 2.24) is 0 Å². The molecule has 0 fully saturated rings. The quantitative estimate of drug-likeness (QED) is 0.0943. The van der Waals surface area contributed by atoms with Crippen molar-refractivity contribution in [2.24, 2.45) is 0 Å². The van der Waals surface area contributed by atoms with Crippen molar-refractivity contribution in [2.75, 3.05) is 6.61 Å². The van der Waals surface area contributed by atoms with Crippen molar-refractivity contribution in [3.63, 3.8) is 0 Å². The number of benzene rings is 2. The van der Waals surface area contributed by atoms with E-state index in [1.165, 1.54) is 102 Å². The Bertz CT molecular complexity index is 860. The van der Waals surface area contributed by atoms with E-state index in [2.05, 4.69) is 6.92 Å². The van der Waals surface area contributed by atoms with Crippen molar-refractivity contribution in [2.45, 2.75) is 96.8 Å². The maximum absolute atomic E-state index is 12.3. The number of ether oxygens (including phenoxy) is 2. The molecule has 0 amide bonds. The standard InChI is InChI=1S/C30H42O5/c1-2-3-4-5-6-7-8-9-10-11-12-13-14-15-22-34-27-19-16-25(17-20-27)30(33)35-28-21-18-26(24-31)29(32)23-28/h16-21,23-24,32H,2-15,22H2,1H3. The van der Waals surface area contributed by atoms with Gasteiger partial charge in [0.25, 0.3) is 0 Å². The fourth-order valence-corrected chi connectivity index (χ4v) is 4.03. The zero-order chi connectivity index (χ0) is 25.1. The van der Waals surface area contributed by atoms with Gasteiger partial charge in [0.1, 0.15) is 17.2 Å². The first-order valence-corrected chi connectivity index (χ1v) is 13.4. The van der Waals surface area contributed by atoms with Gasteiger partial charge >= 0.3 is 5.97 Å². The van der Waals surface area contributed by atoms with Gasteiger partial charge in [0.05, 0.1) is 17.7 Å². The second-order valence-corrected chi connectivity index (χ2v) is 9.20. The number of rotatable bonds is 19. The number of hydrogen-bond acceptors (Lipinski definition) is 5. The lowest BCUT2D eigenvalue weighted by atomic mass is 10.0. The summed E-state index contributed by atoms with van der Waals surface area (Å²) in [5.74, 6) is 0.139. The Morgan fingerprint density at radius 3 is 1.77 bits per heavy atom. The van der Waals surface area contributed by atoms with Crippen LogP contribution in [0.15, 0.2) is 42.5 Å². The summed E-state index contributed by atoms with van der Waals surface area (Å²) in [5, 5.41) is 9.70. The first kappa shape index (κ1) is 28.4. The lowest BCUT2D eigenvalue weighted by Crippen LogP contribution is -2.08. The van der Waals surface area contributed by atoms with Crippen LogP contribution in [0.1, 0.15) is 118 Å². The van der Waals surface area contributed by atoms with Gasteiger partial charge in [-0.25, -0.2) is 4.79 Å². The van der Waals surface area contributed by atoms with E-state index < -0.39 is 5.97 Å². The summed E-state index contributed by atoms with van der Waals surface area (Å²) in [6.07, 6.45) is 19.2. The van der Waals surface area contributed by atoms with E-state index >= 15 is 0 Å². The third kappa shape index (κ3) is 11.9. The number of esters is 1. The second kappa shape index (κ2) is 17.6. The second-order valence-electron chi connectivity index (χ2n) is 9.20. The number of aromatic hydroxyl groups is 1. The molecule has 0 atom stereocenters. The predicted molar refractivity (Wildman–Crippen MR) is 141 cm³/mol. The molecule has 2 aromatic carbocycles. The highest BCUT2D eigenvalue weighted by Gasteiger charge is 2.10. The minimum Gasteiger partial charge on any atom is -0.507 e. The Hall–Kier alpha value is -2.82. The molecule has 0 spiro atoms. The highest BCUT2D eigenvalue weighted by molar-refractivity contribution is 5.91. The van der Waals surface area contributed by atoms with Gasteiger partial charge in [-0.2, -0.15) is 0 Å². The number of carbonyl (C=O) groups is 2. The number of unbranched alkanes of at least 4 members (excludes halogenated alkanes) is 13. The Morgan fingerprint density at radius 1 is 0.743 bits per heavy atom. The van der Waals surface area contributed by atoms with Gasteiger partial charge in [-0.1, -0.05) is 90.4 Å². The number of carbonyl (C=O) groups excluding carboxylic acids is 2. The molecule has 0 aliphatic heterocycles. The molecule has 0 unspecified atom stereocenters. The lowest BCUT2D eigenvalue weighted by Gasteiger charge is -2.08. The van der Waals surface area contributed by atoms with Crippen LogP contribution in [-0.2, 0) is 0 Å². The molecule has 0 saturated heterocycles. The normalized spacial score (nSPS) is 10.8. The van der Waals surface area contributed by atoms with E-state index in [0.717, 1.165) is 12.2 Å². The molecule has 5 heteroatoms. The van der Waals surface area contributed by atoms with Gasteiger partial charge in [0.2, 0.25) is 0 Å². The predicted octanol–water partition coefficient (Wildman–Crippen LogP) is 8.28. The molecule has 2 rings (SSSR count). The highest BCUT2D eigenvalue weighted by Crippen LogP contribution is 2.23. The minimum absolute atomic E-state index is 0.144. The zero-order valence-corrected chi connectivity index (χ0v) is 21.3. The van der Waals surface area contributed by atoms with Gasteiger partial charge < -0.3 is 14.6 Å². The van der Waals surface area contributed by atoms with Crippen LogP contribution in [0.5, 0.6) is 17.2 Å². The van der Waals surface area contributed by atoms with E-state index in [1.807, 2.05) is 0 Å². The fourth-order valence-electron chi connectivity index (χ4n) is 4.03. The Kier molecular flexibility index (Phi) is 14.3. The van der Waals surface area contributed by atoms with Crippen LogP contribution in [0, 0.1) is 0 Å². The molecule has 0 aromatic heterocycles. The third-order valence-corrected chi connectivity index (χ3v) is 6.20. The number of phenolic OH excluding ortho intramolecular Hbond substituents is 1. The van der Waals surface area contributed by atoms with Crippen molar-refractivity contribution in [3.8, 4) is 17.2 Å². The van der Waals surface area contributed by atoms with Crippen molar-refractivity contribution < 1.29 is 24.2 Å². The number of hydrogen-bond donors (Lipinski definition) is 1. The molecular formula is C30H42O5. The molecular weight excluding hydrogens is 440 g/mol. The average Bonchev–Trinajstić information content (AvgIpc) is 2.87. The molecule has 0 heterocycles. The number of phenols is 1. The summed E-state index contributed by atoms with van der Waals surface area (Å²) in [6, 6.07) is 10.9. The van der Waals surface area contributed by atoms with Crippen LogP contribution in [0.4, 0.5) is 0 Å². The fraction of sp³-hybridized carbons (Fsp3) is 0.533. The summed E-state index contributed by atoms with van der Waals surface area (Å²) in [4.78, 5) is 23.0. The molecule has 0 radical (unpaired) electrons. The van der Waals surface area contributed by atoms with Gasteiger partial charge in [-0.3, -0.25) is 4.79 Å². The highest BCUT2D eigenvalue weighted by atomic mass is 16.5. The van der Waals surface area contributed by atoms with E-state index in [0.29, 0.717) is 18.5 Å². The van der Waals surface area contributed by atoms with Gasteiger partial charge in [-0.05, 0) is 42.8 Å². The smallest absolute Gasteiger partial charge is 0.343 e. The molecule has 35 heavy (non-hydrogen) atoms. The molecule has 0 bridgehead atoms. The molecule has 1 N–H and O–H groups in total. The van der Waals surface area contributed by atoms with Gasteiger partial charge in [0.15, 0.2) is 6.29 Å². The molecule has 5 nitrogen and oxygen atoms in total. The monoisotopic (exact) mass is 482 g/mol. The first-order valence-electron chi connectivity index (χ1n) is 13.4. The summed E-state index contributed by atoms with van der Waals surface area (Å²) < 4.78 is 11.0. The number of aldehydes is 1. The van der Waals surface area contributed by atoms with Crippen LogP contribution < -0.4 is 9.47 Å². The van der Waals surface area contributed by atoms with Crippen LogP contribution >= 0.6 is 0 Å². The summed E-state index contributed by atoms with van der Waals surface area (Å²) in [5.41, 5.74) is 0.526. The van der Waals surface area contributed by atoms with Crippen LogP contribution in [0.3, 0.4) is 0 Å². The van der Waals surface area contributed by atoms with Crippen LogP contribution in [0.2, 0.25) is 0 Å². The van der Waals surface area contributed by atoms with Crippen LogP contribution in [-0.4, -0.2) is 24.0 Å². The first-order chi connectivity index (χ1) is 17.1. The Balaban J connectivity index is 1.50. The lowest BCUT2D eigenvalue weighted by molar-refractivity contribution is 0.0734. The van der Waals surface area contributed by atoms with Crippen molar-refractivity contribution in [1.29, 1.82) is 0 Å². The van der Waals surface area contributed by atoms with Crippen LogP contribution in [0.25, 0.3) is 0 Å². The average molecular weight is 483 g/mol. The topological polar surface area (TPSA) is 72.8 Å². The zero-order valence-electron chi connectivity index (χ0n) is 21.3. The SMILES string of the molecule is CCCCCCCCCCCCCCCCOc1ccc(C(=O)Oc2ccc(C=O)c(O)c2)cc1. The van der Waals surface area contributed by atoms with E-state index in [1.54, 1.807) is 24.3 Å².